The Balaban J connectivity index is 1.83. The Labute approximate surface area is 119 Å². The molecule has 1 heterocycles. The molecular formula is C18H17NO. The molecule has 0 unspecified atom stereocenters. The van der Waals surface area contributed by atoms with Crippen molar-refractivity contribution in [1.82, 2.24) is 0 Å². The molecule has 0 bridgehead atoms. The molecule has 0 amide bonds. The third-order valence-electron chi connectivity index (χ3n) is 3.26. The normalized spacial score (nSPS) is 10.4. The van der Waals surface area contributed by atoms with Crippen molar-refractivity contribution < 1.29 is 4.42 Å². The minimum Gasteiger partial charge on any atom is -0.467 e. The predicted octanol–water partition coefficient (Wildman–Crippen LogP) is 4.49. The summed E-state index contributed by atoms with van der Waals surface area (Å²) in [5.41, 5.74) is 2.50. The molecule has 2 nitrogen and oxygen atoms in total. The molecule has 0 saturated heterocycles. The summed E-state index contributed by atoms with van der Waals surface area (Å²) < 4.78 is 5.48. The fourth-order valence-electron chi connectivity index (χ4n) is 2.27. The van der Waals surface area contributed by atoms with Gasteiger partial charge in [0.15, 0.2) is 0 Å². The lowest BCUT2D eigenvalue weighted by Crippen LogP contribution is -2.21. The average Bonchev–Trinajstić information content (AvgIpc) is 3.02. The Morgan fingerprint density at radius 2 is 1.40 bits per heavy atom. The Kier molecular flexibility index (Phi) is 3.83. The minimum atomic E-state index is 0.770. The van der Waals surface area contributed by atoms with E-state index in [9.17, 15) is 0 Å². The van der Waals surface area contributed by atoms with E-state index >= 15 is 0 Å². The van der Waals surface area contributed by atoms with Crippen LogP contribution in [0.2, 0.25) is 0 Å². The first kappa shape index (κ1) is 12.5. The van der Waals surface area contributed by atoms with Crippen molar-refractivity contribution in [2.75, 3.05) is 4.90 Å². The van der Waals surface area contributed by atoms with E-state index in [0.717, 1.165) is 18.8 Å². The third-order valence-corrected chi connectivity index (χ3v) is 3.26. The van der Waals surface area contributed by atoms with Gasteiger partial charge in [-0.1, -0.05) is 48.5 Å². The van der Waals surface area contributed by atoms with Gasteiger partial charge in [0.25, 0.3) is 0 Å². The average molecular weight is 263 g/mol. The minimum absolute atomic E-state index is 0.770. The van der Waals surface area contributed by atoms with E-state index < -0.39 is 0 Å². The summed E-state index contributed by atoms with van der Waals surface area (Å²) in [6, 6.07) is 24.9. The van der Waals surface area contributed by atoms with Crippen molar-refractivity contribution in [3.05, 3.63) is 90.4 Å². The number of furan rings is 1. The number of rotatable bonds is 5. The predicted molar refractivity (Wildman–Crippen MR) is 81.5 cm³/mol. The van der Waals surface area contributed by atoms with E-state index in [2.05, 4.69) is 53.4 Å². The molecule has 3 aromatic rings. The first-order valence-electron chi connectivity index (χ1n) is 6.78. The maximum absolute atomic E-state index is 5.48. The van der Waals surface area contributed by atoms with Gasteiger partial charge in [0.1, 0.15) is 5.76 Å². The first-order valence-corrected chi connectivity index (χ1v) is 6.78. The number of para-hydroxylation sites is 1. The van der Waals surface area contributed by atoms with Crippen molar-refractivity contribution in [3.63, 3.8) is 0 Å². The van der Waals surface area contributed by atoms with Gasteiger partial charge in [0, 0.05) is 12.2 Å². The number of anilines is 1. The maximum atomic E-state index is 5.48. The number of benzene rings is 2. The molecule has 0 aliphatic heterocycles. The monoisotopic (exact) mass is 263 g/mol. The highest BCUT2D eigenvalue weighted by Gasteiger charge is 2.09. The van der Waals surface area contributed by atoms with Gasteiger partial charge in [-0.15, -0.1) is 0 Å². The van der Waals surface area contributed by atoms with Crippen LogP contribution in [0.25, 0.3) is 0 Å². The van der Waals surface area contributed by atoms with Crippen LogP contribution in [0.15, 0.2) is 83.5 Å². The zero-order chi connectivity index (χ0) is 13.6. The Morgan fingerprint density at radius 3 is 2.05 bits per heavy atom. The van der Waals surface area contributed by atoms with Crippen LogP contribution in [0.1, 0.15) is 11.3 Å². The molecule has 0 spiro atoms. The molecule has 1 aromatic heterocycles. The van der Waals surface area contributed by atoms with Gasteiger partial charge in [0.05, 0.1) is 12.8 Å². The highest BCUT2D eigenvalue weighted by molar-refractivity contribution is 5.46. The molecule has 2 aromatic carbocycles. The molecule has 0 fully saturated rings. The fourth-order valence-corrected chi connectivity index (χ4v) is 2.27. The third kappa shape index (κ3) is 3.09. The van der Waals surface area contributed by atoms with Crippen LogP contribution >= 0.6 is 0 Å². The van der Waals surface area contributed by atoms with Gasteiger partial charge < -0.3 is 9.32 Å². The lowest BCUT2D eigenvalue weighted by molar-refractivity contribution is 0.501. The van der Waals surface area contributed by atoms with Gasteiger partial charge in [-0.05, 0) is 29.8 Å². The largest absolute Gasteiger partial charge is 0.467 e. The molecule has 0 radical (unpaired) electrons. The van der Waals surface area contributed by atoms with Crippen molar-refractivity contribution in [2.45, 2.75) is 13.1 Å². The molecular weight excluding hydrogens is 246 g/mol. The highest BCUT2D eigenvalue weighted by Crippen LogP contribution is 2.19. The molecule has 0 saturated carbocycles. The van der Waals surface area contributed by atoms with Gasteiger partial charge in [-0.3, -0.25) is 0 Å². The smallest absolute Gasteiger partial charge is 0.123 e. The lowest BCUT2D eigenvalue weighted by atomic mass is 10.2. The van der Waals surface area contributed by atoms with E-state index in [1.54, 1.807) is 6.26 Å². The van der Waals surface area contributed by atoms with Crippen LogP contribution in [0.4, 0.5) is 5.69 Å². The molecule has 20 heavy (non-hydrogen) atoms. The Bertz CT molecular complexity index is 617. The SMILES string of the molecule is c1ccc(CN(Cc2ccco2)c2ccccc2)cc1. The summed E-state index contributed by atoms with van der Waals surface area (Å²) in [7, 11) is 0. The maximum Gasteiger partial charge on any atom is 0.123 e. The summed E-state index contributed by atoms with van der Waals surface area (Å²) in [5.74, 6) is 0.977. The van der Waals surface area contributed by atoms with Crippen LogP contribution in [-0.2, 0) is 13.1 Å². The number of nitrogens with zero attached hydrogens (tertiary/aromatic N) is 1. The lowest BCUT2D eigenvalue weighted by Gasteiger charge is -2.24. The molecule has 0 aliphatic carbocycles. The summed E-state index contributed by atoms with van der Waals surface area (Å²) in [6.45, 7) is 1.64. The van der Waals surface area contributed by atoms with Gasteiger partial charge in [-0.2, -0.15) is 0 Å². The van der Waals surface area contributed by atoms with E-state index in [0.29, 0.717) is 0 Å². The fraction of sp³-hybridized carbons (Fsp3) is 0.111. The van der Waals surface area contributed by atoms with Crippen molar-refractivity contribution in [1.29, 1.82) is 0 Å². The van der Waals surface area contributed by atoms with Crippen molar-refractivity contribution in [3.8, 4) is 0 Å². The zero-order valence-electron chi connectivity index (χ0n) is 11.3. The van der Waals surface area contributed by atoms with Crippen LogP contribution in [0.3, 0.4) is 0 Å². The van der Waals surface area contributed by atoms with Gasteiger partial charge >= 0.3 is 0 Å². The summed E-state index contributed by atoms with van der Waals surface area (Å²) in [5, 5.41) is 0. The standard InChI is InChI=1S/C18H17NO/c1-3-8-16(9-4-1)14-19(15-18-12-7-13-20-18)17-10-5-2-6-11-17/h1-13H,14-15H2. The molecule has 3 rings (SSSR count). The summed E-state index contributed by atoms with van der Waals surface area (Å²) in [6.07, 6.45) is 1.72. The molecule has 0 atom stereocenters. The molecule has 2 heteroatoms. The Morgan fingerprint density at radius 1 is 0.700 bits per heavy atom. The summed E-state index contributed by atoms with van der Waals surface area (Å²) >= 11 is 0. The van der Waals surface area contributed by atoms with Gasteiger partial charge in [-0.25, -0.2) is 0 Å². The second-order valence-electron chi connectivity index (χ2n) is 4.76. The van der Waals surface area contributed by atoms with Gasteiger partial charge in [0.2, 0.25) is 0 Å². The topological polar surface area (TPSA) is 16.4 Å². The molecule has 100 valence electrons. The summed E-state index contributed by atoms with van der Waals surface area (Å²) in [4.78, 5) is 2.31. The quantitative estimate of drug-likeness (QED) is 0.674. The number of hydrogen-bond acceptors (Lipinski definition) is 2. The van der Waals surface area contributed by atoms with E-state index in [-0.39, 0.29) is 0 Å². The van der Waals surface area contributed by atoms with Crippen LogP contribution in [0.5, 0.6) is 0 Å². The zero-order valence-corrected chi connectivity index (χ0v) is 11.3. The number of hydrogen-bond donors (Lipinski definition) is 0. The van der Waals surface area contributed by atoms with Crippen LogP contribution in [0, 0.1) is 0 Å². The van der Waals surface area contributed by atoms with E-state index in [1.165, 1.54) is 11.3 Å². The van der Waals surface area contributed by atoms with Crippen molar-refractivity contribution >= 4 is 5.69 Å². The second-order valence-corrected chi connectivity index (χ2v) is 4.76. The highest BCUT2D eigenvalue weighted by atomic mass is 16.3. The van der Waals surface area contributed by atoms with Crippen molar-refractivity contribution in [2.24, 2.45) is 0 Å². The van der Waals surface area contributed by atoms with E-state index in [4.69, 9.17) is 4.42 Å². The molecule has 0 aliphatic rings. The Hall–Kier alpha value is -2.48. The second kappa shape index (κ2) is 6.11. The first-order chi connectivity index (χ1) is 9.92. The van der Waals surface area contributed by atoms with E-state index in [1.807, 2.05) is 24.3 Å². The van der Waals surface area contributed by atoms with Crippen LogP contribution < -0.4 is 4.90 Å². The molecule has 0 N–H and O–H groups in total. The van der Waals surface area contributed by atoms with Crippen LogP contribution in [-0.4, -0.2) is 0 Å².